The molecule has 3 aliphatic heterocycles. The number of carbonyl (C=O) groups excluding carboxylic acids is 2. The molecule has 0 fully saturated rings. The Morgan fingerprint density at radius 2 is 1.89 bits per heavy atom. The SMILES string of the molecule is CC[C@]1(O)c2cc3n(c(=O)c2COC(=O)[C@H](OC(C)=O)C1(C)S)Cc1cc2cc4c(cc2nc1-3)OCCO4. The van der Waals surface area contributed by atoms with Gasteiger partial charge in [-0.15, -0.1) is 0 Å². The third-order valence-corrected chi connectivity index (χ3v) is 8.30. The Labute approximate surface area is 222 Å². The predicted molar refractivity (Wildman–Crippen MR) is 138 cm³/mol. The molecule has 5 heterocycles. The summed E-state index contributed by atoms with van der Waals surface area (Å²) in [4.78, 5) is 43.4. The van der Waals surface area contributed by atoms with Crippen molar-refractivity contribution in [2.24, 2.45) is 0 Å². The van der Waals surface area contributed by atoms with Gasteiger partial charge in [0, 0.05) is 23.9 Å². The van der Waals surface area contributed by atoms with Gasteiger partial charge in [0.15, 0.2) is 11.5 Å². The van der Waals surface area contributed by atoms with Gasteiger partial charge in [-0.25, -0.2) is 9.78 Å². The summed E-state index contributed by atoms with van der Waals surface area (Å²) in [5, 5.41) is 12.9. The average molecular weight is 539 g/mol. The van der Waals surface area contributed by atoms with E-state index >= 15 is 0 Å². The summed E-state index contributed by atoms with van der Waals surface area (Å²) in [7, 11) is 0. The Morgan fingerprint density at radius 1 is 1.18 bits per heavy atom. The number of aliphatic hydroxyl groups is 1. The molecule has 10 nitrogen and oxygen atoms in total. The Hall–Kier alpha value is -3.57. The molecule has 1 unspecified atom stereocenters. The van der Waals surface area contributed by atoms with E-state index in [1.807, 2.05) is 18.2 Å². The molecule has 1 aromatic carbocycles. The first-order chi connectivity index (χ1) is 18.0. The van der Waals surface area contributed by atoms with Crippen molar-refractivity contribution in [2.45, 2.75) is 56.8 Å². The highest BCUT2D eigenvalue weighted by Gasteiger charge is 2.57. The molecular weight excluding hydrogens is 512 g/mol. The predicted octanol–water partition coefficient (Wildman–Crippen LogP) is 2.47. The number of aromatic nitrogens is 2. The number of cyclic esters (lactones) is 1. The molecule has 0 spiro atoms. The summed E-state index contributed by atoms with van der Waals surface area (Å²) in [6.45, 7) is 5.17. The van der Waals surface area contributed by atoms with E-state index in [9.17, 15) is 19.5 Å². The van der Waals surface area contributed by atoms with E-state index in [4.69, 9.17) is 23.9 Å². The van der Waals surface area contributed by atoms with E-state index in [0.717, 1.165) is 17.9 Å². The maximum atomic E-state index is 13.8. The highest BCUT2D eigenvalue weighted by molar-refractivity contribution is 7.82. The molecule has 0 aliphatic carbocycles. The molecule has 0 radical (unpaired) electrons. The minimum absolute atomic E-state index is 0.0788. The van der Waals surface area contributed by atoms with Gasteiger partial charge in [0.25, 0.3) is 5.56 Å². The number of rotatable bonds is 2. The molecule has 0 amide bonds. The van der Waals surface area contributed by atoms with Crippen LogP contribution in [0, 0.1) is 0 Å². The van der Waals surface area contributed by atoms with E-state index in [2.05, 4.69) is 12.6 Å². The Kier molecular flexibility index (Phi) is 5.52. The van der Waals surface area contributed by atoms with Gasteiger partial charge >= 0.3 is 11.9 Å². The molecule has 198 valence electrons. The van der Waals surface area contributed by atoms with Crippen LogP contribution in [0.3, 0.4) is 0 Å². The van der Waals surface area contributed by atoms with Crippen molar-refractivity contribution in [2.75, 3.05) is 13.2 Å². The van der Waals surface area contributed by atoms with Crippen LogP contribution in [0.1, 0.15) is 43.9 Å². The smallest absolute Gasteiger partial charge is 0.349 e. The number of fused-ring (bicyclic) bond motifs is 6. The largest absolute Gasteiger partial charge is 0.486 e. The molecule has 0 saturated heterocycles. The van der Waals surface area contributed by atoms with Crippen LogP contribution in [-0.2, 0) is 37.8 Å². The van der Waals surface area contributed by atoms with Crippen molar-refractivity contribution in [1.82, 2.24) is 9.55 Å². The topological polar surface area (TPSA) is 126 Å². The molecule has 2 aromatic heterocycles. The van der Waals surface area contributed by atoms with Gasteiger partial charge in [0.1, 0.15) is 25.4 Å². The van der Waals surface area contributed by atoms with Crippen LogP contribution in [0.15, 0.2) is 29.1 Å². The van der Waals surface area contributed by atoms with Crippen LogP contribution >= 0.6 is 12.6 Å². The third-order valence-electron chi connectivity index (χ3n) is 7.69. The average Bonchev–Trinajstić information content (AvgIpc) is 3.24. The molecule has 6 rings (SSSR count). The third kappa shape index (κ3) is 3.45. The first kappa shape index (κ1) is 24.7. The first-order valence-corrected chi connectivity index (χ1v) is 12.8. The van der Waals surface area contributed by atoms with Crippen molar-refractivity contribution in [3.8, 4) is 22.9 Å². The van der Waals surface area contributed by atoms with Gasteiger partial charge < -0.3 is 28.6 Å². The number of hydrogen-bond donors (Lipinski definition) is 2. The van der Waals surface area contributed by atoms with E-state index < -0.39 is 33.9 Å². The Morgan fingerprint density at radius 3 is 2.58 bits per heavy atom. The van der Waals surface area contributed by atoms with E-state index in [1.165, 1.54) is 6.92 Å². The lowest BCUT2D eigenvalue weighted by molar-refractivity contribution is -0.178. The molecule has 0 bridgehead atoms. The minimum Gasteiger partial charge on any atom is -0.486 e. The van der Waals surface area contributed by atoms with Crippen LogP contribution in [0.25, 0.3) is 22.3 Å². The Bertz CT molecular complexity index is 1600. The summed E-state index contributed by atoms with van der Waals surface area (Å²) in [6.07, 6.45) is -1.42. The minimum atomic E-state index is -1.83. The number of thiol groups is 1. The highest BCUT2D eigenvalue weighted by Crippen LogP contribution is 2.48. The van der Waals surface area contributed by atoms with Gasteiger partial charge in [-0.05, 0) is 37.1 Å². The monoisotopic (exact) mass is 538 g/mol. The fourth-order valence-electron chi connectivity index (χ4n) is 5.63. The maximum Gasteiger partial charge on any atom is 0.349 e. The lowest BCUT2D eigenvalue weighted by atomic mass is 9.74. The number of ether oxygens (including phenoxy) is 4. The zero-order valence-corrected chi connectivity index (χ0v) is 22.0. The molecule has 1 N–H and O–H groups in total. The van der Waals surface area contributed by atoms with E-state index in [-0.39, 0.29) is 30.7 Å². The van der Waals surface area contributed by atoms with Crippen LogP contribution in [0.2, 0.25) is 0 Å². The quantitative estimate of drug-likeness (QED) is 0.292. The standard InChI is InChI=1S/C27H26N2O8S/c1-4-27(33)17-9-19-22-15(7-14-8-20-21(10-18(14)28-22)35-6-5-34-20)11-29(19)24(31)16(17)12-36-25(32)23(26(27,3)38)37-13(2)30/h7-10,23,33,38H,4-6,11-12H2,1-3H3/t23-,26?,27-/m0/s1. The summed E-state index contributed by atoms with van der Waals surface area (Å²) in [5.74, 6) is -0.354. The lowest BCUT2D eigenvalue weighted by Gasteiger charge is -2.46. The van der Waals surface area contributed by atoms with Gasteiger partial charge in [-0.2, -0.15) is 12.6 Å². The van der Waals surface area contributed by atoms with Crippen molar-refractivity contribution in [3.63, 3.8) is 0 Å². The van der Waals surface area contributed by atoms with E-state index in [1.54, 1.807) is 17.6 Å². The van der Waals surface area contributed by atoms with Crippen molar-refractivity contribution in [3.05, 3.63) is 51.3 Å². The normalized spacial score (nSPS) is 25.5. The number of benzene rings is 1. The number of pyridine rings is 2. The molecule has 3 aromatic rings. The molecule has 38 heavy (non-hydrogen) atoms. The number of hydrogen-bond acceptors (Lipinski definition) is 10. The molecular formula is C27H26N2O8S. The second-order valence-corrected chi connectivity index (χ2v) is 10.9. The zero-order valence-electron chi connectivity index (χ0n) is 21.1. The van der Waals surface area contributed by atoms with Crippen molar-refractivity contribution < 1.29 is 33.6 Å². The maximum absolute atomic E-state index is 13.8. The fraction of sp³-hybridized carbons (Fsp3) is 0.407. The first-order valence-electron chi connectivity index (χ1n) is 12.3. The van der Waals surface area contributed by atoms with Crippen LogP contribution in [0.5, 0.6) is 11.5 Å². The molecule has 3 aliphatic rings. The van der Waals surface area contributed by atoms with E-state index in [0.29, 0.717) is 41.6 Å². The zero-order chi connectivity index (χ0) is 27.0. The summed E-state index contributed by atoms with van der Waals surface area (Å²) >= 11 is 4.66. The second kappa shape index (κ2) is 8.47. The Balaban J connectivity index is 1.56. The van der Waals surface area contributed by atoms with Gasteiger partial charge in [-0.1, -0.05) is 6.92 Å². The highest BCUT2D eigenvalue weighted by atomic mass is 32.1. The second-order valence-electron chi connectivity index (χ2n) is 9.96. The van der Waals surface area contributed by atoms with Crippen LogP contribution < -0.4 is 15.0 Å². The fourth-order valence-corrected chi connectivity index (χ4v) is 6.07. The lowest BCUT2D eigenvalue weighted by Crippen LogP contribution is -2.59. The van der Waals surface area contributed by atoms with Gasteiger partial charge in [-0.3, -0.25) is 9.59 Å². The molecule has 0 saturated carbocycles. The van der Waals surface area contributed by atoms with Gasteiger partial charge in [0.2, 0.25) is 6.10 Å². The molecule has 3 atom stereocenters. The van der Waals surface area contributed by atoms with Crippen molar-refractivity contribution >= 4 is 35.5 Å². The van der Waals surface area contributed by atoms with Crippen LogP contribution in [0.4, 0.5) is 0 Å². The summed E-state index contributed by atoms with van der Waals surface area (Å²) < 4.78 is 22.0. The number of nitrogens with zero attached hydrogens (tertiary/aromatic N) is 2. The van der Waals surface area contributed by atoms with Crippen molar-refractivity contribution in [1.29, 1.82) is 0 Å². The van der Waals surface area contributed by atoms with Crippen LogP contribution in [-0.4, -0.2) is 50.7 Å². The van der Waals surface area contributed by atoms with Gasteiger partial charge in [0.05, 0.1) is 33.8 Å². The number of esters is 2. The summed E-state index contributed by atoms with van der Waals surface area (Å²) in [5.41, 5.74) is 0.792. The molecule has 11 heteroatoms. The number of carbonyl (C=O) groups is 2. The summed E-state index contributed by atoms with van der Waals surface area (Å²) in [6, 6.07) is 7.36.